The highest BCUT2D eigenvalue weighted by Gasteiger charge is 2.32. The van der Waals surface area contributed by atoms with E-state index in [0.29, 0.717) is 23.3 Å². The third-order valence-electron chi connectivity index (χ3n) is 5.57. The Morgan fingerprint density at radius 1 is 1.35 bits per heavy atom. The molecule has 2 fully saturated rings. The van der Waals surface area contributed by atoms with Gasteiger partial charge in [-0.3, -0.25) is 9.20 Å². The number of carbonyl (C=O) groups is 1. The molecule has 2 aromatic rings. The molecule has 0 bridgehead atoms. The van der Waals surface area contributed by atoms with Crippen LogP contribution in [0.5, 0.6) is 0 Å². The fourth-order valence-corrected chi connectivity index (χ4v) is 4.17. The average molecular weight is 360 g/mol. The highest BCUT2D eigenvalue weighted by Crippen LogP contribution is 2.44. The first-order chi connectivity index (χ1) is 12.4. The molecule has 2 N–H and O–H groups in total. The number of aryl methyl sites for hydroxylation is 1. The molecular weight excluding hydrogens is 339 g/mol. The fourth-order valence-electron chi connectivity index (χ4n) is 4.17. The first-order valence-corrected chi connectivity index (χ1v) is 8.93. The number of carboxylic acids is 1. The number of fused-ring (bicyclic) bond motifs is 1. The Morgan fingerprint density at radius 2 is 2.08 bits per heavy atom. The number of rotatable bonds is 4. The normalized spacial score (nSPS) is 20.1. The van der Waals surface area contributed by atoms with Crippen molar-refractivity contribution in [3.8, 4) is 0 Å². The monoisotopic (exact) mass is 360 g/mol. The second kappa shape index (κ2) is 6.09. The van der Waals surface area contributed by atoms with Gasteiger partial charge in [-0.2, -0.15) is 0 Å². The molecule has 26 heavy (non-hydrogen) atoms. The van der Waals surface area contributed by atoms with Crippen molar-refractivity contribution in [3.05, 3.63) is 45.1 Å². The van der Waals surface area contributed by atoms with Crippen LogP contribution in [0, 0.1) is 12.7 Å². The molecule has 0 unspecified atom stereocenters. The maximum absolute atomic E-state index is 15.0. The molecule has 2 aromatic heterocycles. The van der Waals surface area contributed by atoms with Gasteiger partial charge in [0.1, 0.15) is 5.56 Å². The topological polar surface area (TPSA) is 82.2 Å². The summed E-state index contributed by atoms with van der Waals surface area (Å²) >= 11 is 0. The van der Waals surface area contributed by atoms with Gasteiger partial charge < -0.3 is 15.1 Å². The molecule has 1 aliphatic carbocycles. The molecule has 138 valence electrons. The van der Waals surface area contributed by atoms with E-state index in [4.69, 9.17) is 0 Å². The Labute approximate surface area is 149 Å². The predicted octanol–water partition coefficient (Wildman–Crippen LogP) is 2.28. The van der Waals surface area contributed by atoms with E-state index in [1.807, 2.05) is 4.90 Å². The summed E-state index contributed by atoms with van der Waals surface area (Å²) in [5, 5.41) is 18.9. The highest BCUT2D eigenvalue weighted by atomic mass is 19.1. The SMILES string of the molecule is Cc1c(N2CCC[C@@H]2CO)c(F)cn2c(=O)c(C(=O)O)cc(C3CC3)c12. The molecule has 1 saturated carbocycles. The number of carboxylic acid groups (broad SMARTS) is 1. The number of aromatic nitrogens is 1. The number of anilines is 1. The average Bonchev–Trinajstić information content (AvgIpc) is 3.34. The summed E-state index contributed by atoms with van der Waals surface area (Å²) in [7, 11) is 0. The second-order valence-electron chi connectivity index (χ2n) is 7.24. The number of halogens is 1. The van der Waals surface area contributed by atoms with Crippen molar-refractivity contribution in [2.45, 2.75) is 44.6 Å². The van der Waals surface area contributed by atoms with Crippen LogP contribution in [0.25, 0.3) is 5.52 Å². The Bertz CT molecular complexity index is 964. The summed E-state index contributed by atoms with van der Waals surface area (Å²) in [6, 6.07) is 1.32. The van der Waals surface area contributed by atoms with Crippen molar-refractivity contribution in [2.75, 3.05) is 18.1 Å². The summed E-state index contributed by atoms with van der Waals surface area (Å²) in [4.78, 5) is 25.9. The number of hydrogen-bond donors (Lipinski definition) is 2. The zero-order chi connectivity index (χ0) is 18.6. The Balaban J connectivity index is 2.03. The molecule has 1 atom stereocenters. The van der Waals surface area contributed by atoms with Crippen molar-refractivity contribution in [1.29, 1.82) is 0 Å². The molecule has 4 rings (SSSR count). The van der Waals surface area contributed by atoms with Crippen LogP contribution >= 0.6 is 0 Å². The van der Waals surface area contributed by atoms with Gasteiger partial charge in [-0.1, -0.05) is 0 Å². The maximum Gasteiger partial charge on any atom is 0.341 e. The minimum Gasteiger partial charge on any atom is -0.477 e. The lowest BCUT2D eigenvalue weighted by molar-refractivity contribution is 0.0694. The second-order valence-corrected chi connectivity index (χ2v) is 7.24. The predicted molar refractivity (Wildman–Crippen MR) is 94.8 cm³/mol. The molecule has 3 heterocycles. The zero-order valence-corrected chi connectivity index (χ0v) is 14.5. The van der Waals surface area contributed by atoms with E-state index < -0.39 is 17.3 Å². The smallest absolute Gasteiger partial charge is 0.341 e. The van der Waals surface area contributed by atoms with E-state index in [2.05, 4.69) is 0 Å². The van der Waals surface area contributed by atoms with Crippen molar-refractivity contribution in [2.24, 2.45) is 0 Å². The van der Waals surface area contributed by atoms with Gasteiger partial charge in [0.15, 0.2) is 5.82 Å². The number of nitrogens with zero attached hydrogens (tertiary/aromatic N) is 2. The van der Waals surface area contributed by atoms with Gasteiger partial charge in [0, 0.05) is 6.54 Å². The quantitative estimate of drug-likeness (QED) is 0.874. The van der Waals surface area contributed by atoms with Gasteiger partial charge in [-0.05, 0) is 55.7 Å². The first kappa shape index (κ1) is 17.0. The van der Waals surface area contributed by atoms with Gasteiger partial charge in [0.25, 0.3) is 5.56 Å². The third kappa shape index (κ3) is 2.49. The molecule has 6 nitrogen and oxygen atoms in total. The first-order valence-electron chi connectivity index (χ1n) is 8.93. The summed E-state index contributed by atoms with van der Waals surface area (Å²) in [5.74, 6) is -1.66. The lowest BCUT2D eigenvalue weighted by Gasteiger charge is -2.28. The fraction of sp³-hybridized carbons (Fsp3) is 0.474. The third-order valence-corrected chi connectivity index (χ3v) is 5.57. The van der Waals surface area contributed by atoms with Crippen LogP contribution < -0.4 is 10.5 Å². The van der Waals surface area contributed by atoms with Crippen LogP contribution in [0.4, 0.5) is 10.1 Å². The number of aliphatic hydroxyl groups excluding tert-OH is 1. The molecule has 1 saturated heterocycles. The molecule has 0 spiro atoms. The summed E-state index contributed by atoms with van der Waals surface area (Å²) in [5.41, 5.74) is 1.38. The van der Waals surface area contributed by atoms with Crippen LogP contribution in [0.1, 0.15) is 53.1 Å². The van der Waals surface area contributed by atoms with Gasteiger partial charge >= 0.3 is 5.97 Å². The minimum absolute atomic E-state index is 0.0513. The van der Waals surface area contributed by atoms with Crippen LogP contribution in [0.15, 0.2) is 17.1 Å². The van der Waals surface area contributed by atoms with Gasteiger partial charge in [-0.15, -0.1) is 0 Å². The Morgan fingerprint density at radius 3 is 2.69 bits per heavy atom. The lowest BCUT2D eigenvalue weighted by Crippen LogP contribution is -2.34. The number of hydrogen-bond acceptors (Lipinski definition) is 4. The number of aromatic carboxylic acids is 1. The number of pyridine rings is 2. The Kier molecular flexibility index (Phi) is 3.99. The van der Waals surface area contributed by atoms with Gasteiger partial charge in [0.05, 0.1) is 30.0 Å². The van der Waals surface area contributed by atoms with E-state index in [0.717, 1.165) is 41.8 Å². The zero-order valence-electron chi connectivity index (χ0n) is 14.5. The Hall–Kier alpha value is -2.41. The molecule has 1 aliphatic heterocycles. The van der Waals surface area contributed by atoms with E-state index >= 15 is 0 Å². The van der Waals surface area contributed by atoms with Gasteiger partial charge in [0.2, 0.25) is 0 Å². The molecule has 2 aliphatic rings. The van der Waals surface area contributed by atoms with E-state index in [1.54, 1.807) is 6.92 Å². The summed E-state index contributed by atoms with van der Waals surface area (Å²) < 4.78 is 16.1. The van der Waals surface area contributed by atoms with Crippen LogP contribution in [-0.2, 0) is 0 Å². The van der Waals surface area contributed by atoms with E-state index in [1.165, 1.54) is 6.07 Å². The summed E-state index contributed by atoms with van der Waals surface area (Å²) in [6.07, 6.45) is 4.63. The minimum atomic E-state index is -1.30. The molecule has 7 heteroatoms. The highest BCUT2D eigenvalue weighted by molar-refractivity contribution is 5.89. The van der Waals surface area contributed by atoms with Crippen molar-refractivity contribution < 1.29 is 19.4 Å². The van der Waals surface area contributed by atoms with Crippen molar-refractivity contribution in [1.82, 2.24) is 4.40 Å². The van der Waals surface area contributed by atoms with Gasteiger partial charge in [-0.25, -0.2) is 9.18 Å². The largest absolute Gasteiger partial charge is 0.477 e. The molecule has 0 aromatic carbocycles. The maximum atomic E-state index is 15.0. The summed E-state index contributed by atoms with van der Waals surface area (Å²) in [6.45, 7) is 2.37. The standard InChI is InChI=1S/C19H21FN2O4/c1-10-16-13(11-4-5-11)7-14(19(25)26)18(24)22(16)8-15(20)17(10)21-6-2-3-12(21)9-23/h7-8,11-12,23H,2-6,9H2,1H3,(H,25,26)/t12-/m1/s1. The number of aliphatic hydroxyl groups is 1. The lowest BCUT2D eigenvalue weighted by atomic mass is 10.0. The van der Waals surface area contributed by atoms with Crippen LogP contribution in [0.3, 0.4) is 0 Å². The molecule has 0 radical (unpaired) electrons. The van der Waals surface area contributed by atoms with Crippen LogP contribution in [-0.4, -0.2) is 39.8 Å². The van der Waals surface area contributed by atoms with Crippen molar-refractivity contribution >= 4 is 17.2 Å². The van der Waals surface area contributed by atoms with Crippen LogP contribution in [0.2, 0.25) is 0 Å². The van der Waals surface area contributed by atoms with Crippen molar-refractivity contribution in [3.63, 3.8) is 0 Å². The van der Waals surface area contributed by atoms with E-state index in [-0.39, 0.29) is 24.1 Å². The van der Waals surface area contributed by atoms with E-state index in [9.17, 15) is 24.2 Å². The molecule has 0 amide bonds. The molecular formula is C19H21FN2O4.